The summed E-state index contributed by atoms with van der Waals surface area (Å²) >= 11 is 0. The Morgan fingerprint density at radius 1 is 0.867 bits per heavy atom. The van der Waals surface area contributed by atoms with Crippen LogP contribution in [0.15, 0.2) is 0 Å². The third-order valence-electron chi connectivity index (χ3n) is 1.45. The molecule has 0 heterocycles. The van der Waals surface area contributed by atoms with E-state index in [0.717, 1.165) is 0 Å². The van der Waals surface area contributed by atoms with Crippen molar-refractivity contribution >= 4 is 29.5 Å². The van der Waals surface area contributed by atoms with Gasteiger partial charge in [0.25, 0.3) is 5.78 Å². The molecular formula is C7H6O8. The Morgan fingerprint density at radius 2 is 1.33 bits per heavy atom. The van der Waals surface area contributed by atoms with Crippen molar-refractivity contribution in [1.82, 2.24) is 0 Å². The Morgan fingerprint density at radius 3 is 1.60 bits per heavy atom. The molecule has 0 aliphatic carbocycles. The molecule has 8 nitrogen and oxygen atoms in total. The van der Waals surface area contributed by atoms with Gasteiger partial charge in [0.15, 0.2) is 0 Å². The number of rotatable bonds is 6. The molecule has 3 N–H and O–H groups in total. The highest BCUT2D eigenvalue weighted by Crippen LogP contribution is 2.06. The monoisotopic (exact) mass is 218 g/mol. The summed E-state index contributed by atoms with van der Waals surface area (Å²) < 4.78 is 0. The second-order valence-corrected chi connectivity index (χ2v) is 2.49. The number of hydrogen-bond acceptors (Lipinski definition) is 5. The maximum Gasteiger partial charge on any atom is 0.373 e. The largest absolute Gasteiger partial charge is 0.481 e. The van der Waals surface area contributed by atoms with E-state index in [2.05, 4.69) is 0 Å². The van der Waals surface area contributed by atoms with Crippen LogP contribution in [0.2, 0.25) is 0 Å². The lowest BCUT2D eigenvalue weighted by atomic mass is 9.98. The molecule has 0 aliphatic rings. The van der Waals surface area contributed by atoms with Gasteiger partial charge in [-0.25, -0.2) is 9.59 Å². The first-order valence-electron chi connectivity index (χ1n) is 3.53. The van der Waals surface area contributed by atoms with E-state index in [4.69, 9.17) is 15.3 Å². The molecule has 0 radical (unpaired) electrons. The van der Waals surface area contributed by atoms with Gasteiger partial charge in [-0.15, -0.1) is 0 Å². The highest BCUT2D eigenvalue weighted by molar-refractivity contribution is 6.40. The van der Waals surface area contributed by atoms with Crippen molar-refractivity contribution in [3.8, 4) is 0 Å². The topological polar surface area (TPSA) is 146 Å². The van der Waals surface area contributed by atoms with Crippen molar-refractivity contribution in [2.75, 3.05) is 0 Å². The van der Waals surface area contributed by atoms with Crippen LogP contribution in [0.1, 0.15) is 6.42 Å². The van der Waals surface area contributed by atoms with Gasteiger partial charge in [0.1, 0.15) is 5.92 Å². The molecule has 0 aliphatic heterocycles. The maximum atomic E-state index is 10.7. The quantitative estimate of drug-likeness (QED) is 0.356. The van der Waals surface area contributed by atoms with Crippen LogP contribution in [-0.2, 0) is 24.0 Å². The summed E-state index contributed by atoms with van der Waals surface area (Å²) in [6, 6.07) is 0. The van der Waals surface area contributed by atoms with Crippen molar-refractivity contribution in [3.63, 3.8) is 0 Å². The average Bonchev–Trinajstić information content (AvgIpc) is 2.11. The molecule has 8 heteroatoms. The molecule has 15 heavy (non-hydrogen) atoms. The van der Waals surface area contributed by atoms with Crippen molar-refractivity contribution < 1.29 is 39.3 Å². The second kappa shape index (κ2) is 4.84. The summed E-state index contributed by atoms with van der Waals surface area (Å²) in [6.45, 7) is 0. The lowest BCUT2D eigenvalue weighted by molar-refractivity contribution is -0.159. The standard InChI is InChI=1S/C7H6O8/c8-3(6(12)13)1-2(5(10)11)4(9)7(14)15/h2H,1H2,(H,10,11)(H,12,13)(H,14,15). The normalized spacial score (nSPS) is 11.5. The number of carbonyl (C=O) groups is 5. The maximum absolute atomic E-state index is 10.7. The predicted molar refractivity (Wildman–Crippen MR) is 41.0 cm³/mol. The van der Waals surface area contributed by atoms with Crippen LogP contribution in [0.25, 0.3) is 0 Å². The fourth-order valence-corrected chi connectivity index (χ4v) is 0.714. The number of carboxylic acid groups (broad SMARTS) is 3. The number of ketones is 2. The summed E-state index contributed by atoms with van der Waals surface area (Å²) in [5.41, 5.74) is 0. The first kappa shape index (κ1) is 12.8. The van der Waals surface area contributed by atoms with Gasteiger partial charge >= 0.3 is 17.9 Å². The van der Waals surface area contributed by atoms with E-state index in [0.29, 0.717) is 0 Å². The van der Waals surface area contributed by atoms with Crippen LogP contribution in [0, 0.1) is 5.92 Å². The molecule has 0 fully saturated rings. The fourth-order valence-electron chi connectivity index (χ4n) is 0.714. The van der Waals surface area contributed by atoms with Crippen LogP contribution in [0.3, 0.4) is 0 Å². The number of carbonyl (C=O) groups excluding carboxylic acids is 2. The third-order valence-corrected chi connectivity index (χ3v) is 1.45. The smallest absolute Gasteiger partial charge is 0.373 e. The van der Waals surface area contributed by atoms with E-state index in [9.17, 15) is 24.0 Å². The van der Waals surface area contributed by atoms with E-state index < -0.39 is 41.8 Å². The van der Waals surface area contributed by atoms with Crippen LogP contribution in [0.4, 0.5) is 0 Å². The van der Waals surface area contributed by atoms with E-state index >= 15 is 0 Å². The SMILES string of the molecule is O=C(O)C(=O)CC(C(=O)O)C(=O)C(=O)O. The van der Waals surface area contributed by atoms with Gasteiger partial charge in [-0.05, 0) is 0 Å². The lowest BCUT2D eigenvalue weighted by Gasteiger charge is -2.04. The molecule has 0 rings (SSSR count). The number of aliphatic carboxylic acids is 3. The van der Waals surface area contributed by atoms with Crippen LogP contribution in [0.5, 0.6) is 0 Å². The van der Waals surface area contributed by atoms with Gasteiger partial charge in [-0.2, -0.15) is 0 Å². The summed E-state index contributed by atoms with van der Waals surface area (Å²) in [4.78, 5) is 51.8. The minimum absolute atomic E-state index is 1.17. The first-order chi connectivity index (χ1) is 6.77. The van der Waals surface area contributed by atoms with E-state index in [1.54, 1.807) is 0 Å². The highest BCUT2D eigenvalue weighted by atomic mass is 16.4. The fraction of sp³-hybridized carbons (Fsp3) is 0.286. The van der Waals surface area contributed by atoms with E-state index in [-0.39, 0.29) is 0 Å². The molecular weight excluding hydrogens is 212 g/mol. The minimum Gasteiger partial charge on any atom is -0.481 e. The summed E-state index contributed by atoms with van der Waals surface area (Å²) in [6.07, 6.45) is -1.17. The van der Waals surface area contributed by atoms with Crippen molar-refractivity contribution in [2.24, 2.45) is 5.92 Å². The molecule has 0 saturated carbocycles. The van der Waals surface area contributed by atoms with Gasteiger partial charge in [-0.1, -0.05) is 0 Å². The van der Waals surface area contributed by atoms with Gasteiger partial charge < -0.3 is 15.3 Å². The molecule has 1 unspecified atom stereocenters. The molecule has 0 aromatic heterocycles. The second-order valence-electron chi connectivity index (χ2n) is 2.49. The zero-order chi connectivity index (χ0) is 12.2. The number of hydrogen-bond donors (Lipinski definition) is 3. The van der Waals surface area contributed by atoms with Crippen molar-refractivity contribution in [2.45, 2.75) is 6.42 Å². The lowest BCUT2D eigenvalue weighted by Crippen LogP contribution is -2.33. The summed E-state index contributed by atoms with van der Waals surface area (Å²) in [7, 11) is 0. The number of carboxylic acids is 3. The Kier molecular flexibility index (Phi) is 4.11. The Hall–Kier alpha value is -2.25. The van der Waals surface area contributed by atoms with Crippen molar-refractivity contribution in [1.29, 1.82) is 0 Å². The van der Waals surface area contributed by atoms with Crippen LogP contribution < -0.4 is 0 Å². The highest BCUT2D eigenvalue weighted by Gasteiger charge is 2.34. The molecule has 0 aromatic carbocycles. The zero-order valence-corrected chi connectivity index (χ0v) is 7.17. The molecule has 0 amide bonds. The Bertz CT molecular complexity index is 341. The summed E-state index contributed by atoms with van der Waals surface area (Å²) in [5, 5.41) is 24.7. The third kappa shape index (κ3) is 3.55. The number of Topliss-reactive ketones (excluding diaryl/α,β-unsaturated/α-hetero) is 2. The van der Waals surface area contributed by atoms with E-state index in [1.807, 2.05) is 0 Å². The van der Waals surface area contributed by atoms with E-state index in [1.165, 1.54) is 0 Å². The first-order valence-corrected chi connectivity index (χ1v) is 3.53. The molecule has 82 valence electrons. The molecule has 0 aromatic rings. The zero-order valence-electron chi connectivity index (χ0n) is 7.17. The summed E-state index contributed by atoms with van der Waals surface area (Å²) in [5.74, 6) is -11.2. The minimum atomic E-state index is -2.16. The van der Waals surface area contributed by atoms with Crippen LogP contribution in [-0.4, -0.2) is 44.8 Å². The van der Waals surface area contributed by atoms with Gasteiger partial charge in [-0.3, -0.25) is 14.4 Å². The Balaban J connectivity index is 4.78. The van der Waals surface area contributed by atoms with Gasteiger partial charge in [0, 0.05) is 6.42 Å². The van der Waals surface area contributed by atoms with Gasteiger partial charge in [0.2, 0.25) is 5.78 Å². The predicted octanol–water partition coefficient (Wildman–Crippen LogP) is -1.62. The average molecular weight is 218 g/mol. The van der Waals surface area contributed by atoms with Gasteiger partial charge in [0.05, 0.1) is 0 Å². The molecule has 0 saturated heterocycles. The molecule has 0 spiro atoms. The molecule has 0 bridgehead atoms. The van der Waals surface area contributed by atoms with Crippen LogP contribution >= 0.6 is 0 Å². The Labute approximate surface area is 82.1 Å². The molecule has 1 atom stereocenters. The van der Waals surface area contributed by atoms with Crippen molar-refractivity contribution in [3.05, 3.63) is 0 Å².